The number of hydrogen-bond acceptors (Lipinski definition) is 6. The maximum atomic E-state index is 11.6. The van der Waals surface area contributed by atoms with Gasteiger partial charge in [-0.1, -0.05) is 61.8 Å². The van der Waals surface area contributed by atoms with E-state index in [4.69, 9.17) is 19.7 Å². The van der Waals surface area contributed by atoms with E-state index in [1.165, 1.54) is 12.8 Å². The molecule has 0 bridgehead atoms. The van der Waals surface area contributed by atoms with Crippen LogP contribution >= 0.6 is 13.5 Å². The van der Waals surface area contributed by atoms with E-state index < -0.39 is 11.9 Å². The molecule has 0 heterocycles. The largest absolute Gasteiger partial charge is 0.481 e. The minimum atomic E-state index is -0.954. The standard InChI is InChI=1S/2C14H24O4.CH4.H2S/c2*1-9(2)11-5-4-10(3)8-12(11)18-14(17)7-6-13(15)16;;/h2*9-12H,4-8H2,1-3H3,(H,15,16);1H4;1H2/t10-,11+,12-;;;/m1.../s1. The van der Waals surface area contributed by atoms with Crippen molar-refractivity contribution in [2.45, 2.75) is 125 Å². The molecule has 38 heavy (non-hydrogen) atoms. The zero-order chi connectivity index (χ0) is 27.4. The first-order valence-corrected chi connectivity index (χ1v) is 13.6. The minimum Gasteiger partial charge on any atom is -0.481 e. The maximum Gasteiger partial charge on any atom is 0.306 e. The molecule has 8 nitrogen and oxygen atoms in total. The van der Waals surface area contributed by atoms with Crippen LogP contribution in [-0.2, 0) is 28.7 Å². The highest BCUT2D eigenvalue weighted by atomic mass is 32.1. The SMILES string of the molecule is C.CC(C)[C@@H]1CC[C@@H](C)C[C@H]1OC(=O)CCC(=O)O.CC1CCC(C(C)C)C(OC(=O)CCC(=O)O)C1.S. The van der Waals surface area contributed by atoms with E-state index in [9.17, 15) is 19.2 Å². The summed E-state index contributed by atoms with van der Waals surface area (Å²) in [5.41, 5.74) is 0. The van der Waals surface area contributed by atoms with Crippen molar-refractivity contribution in [1.82, 2.24) is 0 Å². The van der Waals surface area contributed by atoms with Crippen LogP contribution in [-0.4, -0.2) is 46.3 Å². The lowest BCUT2D eigenvalue weighted by molar-refractivity contribution is -0.158. The molecular formula is C29H54O8S. The number of carboxylic acid groups (broad SMARTS) is 2. The second-order valence-electron chi connectivity index (χ2n) is 11.5. The molecule has 2 saturated carbocycles. The normalized spacial score (nSPS) is 26.6. The van der Waals surface area contributed by atoms with Gasteiger partial charge in [-0.3, -0.25) is 19.2 Å². The summed E-state index contributed by atoms with van der Waals surface area (Å²) in [6.45, 7) is 13.0. The number of carboxylic acids is 2. The number of carbonyl (C=O) groups excluding carboxylic acids is 2. The van der Waals surface area contributed by atoms with E-state index in [0.29, 0.717) is 35.5 Å². The zero-order valence-electron chi connectivity index (χ0n) is 23.5. The molecule has 0 saturated heterocycles. The van der Waals surface area contributed by atoms with E-state index in [0.717, 1.165) is 25.7 Å². The lowest BCUT2D eigenvalue weighted by Crippen LogP contribution is -2.35. The van der Waals surface area contributed by atoms with Crippen LogP contribution < -0.4 is 0 Å². The van der Waals surface area contributed by atoms with E-state index in [2.05, 4.69) is 41.5 Å². The molecule has 0 aromatic rings. The molecule has 2 aliphatic carbocycles. The van der Waals surface area contributed by atoms with Crippen LogP contribution in [0.3, 0.4) is 0 Å². The van der Waals surface area contributed by atoms with Crippen LogP contribution in [0.2, 0.25) is 0 Å². The molecule has 0 aromatic heterocycles. The van der Waals surface area contributed by atoms with Crippen molar-refractivity contribution in [2.75, 3.05) is 0 Å². The average molecular weight is 563 g/mol. The first kappa shape index (κ1) is 38.4. The van der Waals surface area contributed by atoms with E-state index in [1.807, 2.05) is 0 Å². The molecule has 2 N–H and O–H groups in total. The first-order valence-electron chi connectivity index (χ1n) is 13.6. The van der Waals surface area contributed by atoms with Crippen LogP contribution in [0.4, 0.5) is 0 Å². The number of esters is 2. The molecule has 2 rings (SSSR count). The Labute approximate surface area is 237 Å². The van der Waals surface area contributed by atoms with Crippen molar-refractivity contribution in [2.24, 2.45) is 35.5 Å². The topological polar surface area (TPSA) is 127 Å². The Bertz CT molecular complexity index is 663. The van der Waals surface area contributed by atoms with Crippen molar-refractivity contribution in [1.29, 1.82) is 0 Å². The fraction of sp³-hybridized carbons (Fsp3) is 0.862. The van der Waals surface area contributed by atoms with Crippen LogP contribution in [0, 0.1) is 35.5 Å². The highest BCUT2D eigenvalue weighted by Gasteiger charge is 2.34. The molecule has 6 atom stereocenters. The van der Waals surface area contributed by atoms with Crippen LogP contribution in [0.1, 0.15) is 113 Å². The van der Waals surface area contributed by atoms with Crippen molar-refractivity contribution in [3.63, 3.8) is 0 Å². The molecule has 3 unspecified atom stereocenters. The Balaban J connectivity index is 0. The van der Waals surface area contributed by atoms with E-state index in [1.54, 1.807) is 0 Å². The van der Waals surface area contributed by atoms with Crippen molar-refractivity contribution < 1.29 is 38.9 Å². The van der Waals surface area contributed by atoms with Crippen molar-refractivity contribution in [3.05, 3.63) is 0 Å². The third kappa shape index (κ3) is 15.0. The van der Waals surface area contributed by atoms with Crippen LogP contribution in [0.15, 0.2) is 0 Å². The number of aliphatic carboxylic acids is 2. The summed E-state index contributed by atoms with van der Waals surface area (Å²) in [7, 11) is 0. The van der Waals surface area contributed by atoms with Gasteiger partial charge in [-0.15, -0.1) is 0 Å². The summed E-state index contributed by atoms with van der Waals surface area (Å²) >= 11 is 0. The number of ether oxygens (including phenoxy) is 2. The maximum absolute atomic E-state index is 11.6. The zero-order valence-corrected chi connectivity index (χ0v) is 24.5. The Kier molecular flexibility index (Phi) is 19.5. The minimum absolute atomic E-state index is 0. The smallest absolute Gasteiger partial charge is 0.306 e. The molecular weight excluding hydrogens is 508 g/mol. The number of carbonyl (C=O) groups is 4. The molecule has 224 valence electrons. The van der Waals surface area contributed by atoms with Gasteiger partial charge in [-0.05, 0) is 61.2 Å². The van der Waals surface area contributed by atoms with Crippen LogP contribution in [0.25, 0.3) is 0 Å². The van der Waals surface area contributed by atoms with Gasteiger partial charge in [-0.25, -0.2) is 0 Å². The average Bonchev–Trinajstić information content (AvgIpc) is 2.76. The van der Waals surface area contributed by atoms with Crippen molar-refractivity contribution >= 4 is 37.4 Å². The summed E-state index contributed by atoms with van der Waals surface area (Å²) < 4.78 is 11.0. The Morgan fingerprint density at radius 2 is 0.974 bits per heavy atom. The quantitative estimate of drug-likeness (QED) is 0.290. The fourth-order valence-electron chi connectivity index (χ4n) is 5.37. The van der Waals surface area contributed by atoms with Gasteiger partial charge in [0.15, 0.2) is 0 Å². The molecule has 9 heteroatoms. The Morgan fingerprint density at radius 1 is 0.658 bits per heavy atom. The third-order valence-electron chi connectivity index (χ3n) is 7.57. The summed E-state index contributed by atoms with van der Waals surface area (Å²) in [6.07, 6.45) is 5.97. The Hall–Kier alpha value is -1.77. The molecule has 2 fully saturated rings. The van der Waals surface area contributed by atoms with E-state index >= 15 is 0 Å². The van der Waals surface area contributed by atoms with Gasteiger partial charge < -0.3 is 19.7 Å². The van der Waals surface area contributed by atoms with Crippen LogP contribution in [0.5, 0.6) is 0 Å². The van der Waals surface area contributed by atoms with Gasteiger partial charge in [-0.2, -0.15) is 13.5 Å². The molecule has 0 aromatic carbocycles. The van der Waals surface area contributed by atoms with Gasteiger partial charge in [0.2, 0.25) is 0 Å². The van der Waals surface area contributed by atoms with Gasteiger partial charge in [0.1, 0.15) is 12.2 Å². The predicted octanol–water partition coefficient (Wildman–Crippen LogP) is 6.46. The number of rotatable bonds is 10. The van der Waals surface area contributed by atoms with Gasteiger partial charge >= 0.3 is 23.9 Å². The monoisotopic (exact) mass is 562 g/mol. The summed E-state index contributed by atoms with van der Waals surface area (Å²) in [5.74, 6) is 0.321. The Morgan fingerprint density at radius 3 is 1.24 bits per heavy atom. The lowest BCUT2D eigenvalue weighted by Gasteiger charge is -2.36. The summed E-state index contributed by atoms with van der Waals surface area (Å²) in [4.78, 5) is 44.0. The summed E-state index contributed by atoms with van der Waals surface area (Å²) in [6, 6.07) is 0. The summed E-state index contributed by atoms with van der Waals surface area (Å²) in [5, 5.41) is 17.1. The van der Waals surface area contributed by atoms with Gasteiger partial charge in [0.05, 0.1) is 25.7 Å². The predicted molar refractivity (Wildman–Crippen MR) is 153 cm³/mol. The highest BCUT2D eigenvalue weighted by Crippen LogP contribution is 2.36. The van der Waals surface area contributed by atoms with Gasteiger partial charge in [0, 0.05) is 0 Å². The van der Waals surface area contributed by atoms with Gasteiger partial charge in [0.25, 0.3) is 0 Å². The molecule has 0 radical (unpaired) electrons. The first-order chi connectivity index (χ1) is 16.8. The second kappa shape index (κ2) is 19.3. The molecule has 0 amide bonds. The second-order valence-corrected chi connectivity index (χ2v) is 11.5. The molecule has 0 spiro atoms. The lowest BCUT2D eigenvalue weighted by atomic mass is 9.75. The molecule has 0 aliphatic heterocycles. The fourth-order valence-corrected chi connectivity index (χ4v) is 5.37. The van der Waals surface area contributed by atoms with Crippen molar-refractivity contribution in [3.8, 4) is 0 Å². The molecule has 2 aliphatic rings. The third-order valence-corrected chi connectivity index (χ3v) is 7.57. The number of hydrogen-bond donors (Lipinski definition) is 2. The van der Waals surface area contributed by atoms with E-state index in [-0.39, 0.29) is 70.8 Å². The highest BCUT2D eigenvalue weighted by molar-refractivity contribution is 7.59.